The topological polar surface area (TPSA) is 64.7 Å². The van der Waals surface area contributed by atoms with Gasteiger partial charge in [0.2, 0.25) is 11.8 Å². The van der Waals surface area contributed by atoms with Gasteiger partial charge in [-0.2, -0.15) is 13.2 Å². The minimum absolute atomic E-state index is 0. The zero-order valence-corrected chi connectivity index (χ0v) is 16.5. The van der Waals surface area contributed by atoms with E-state index in [2.05, 4.69) is 10.6 Å². The van der Waals surface area contributed by atoms with Crippen LogP contribution in [-0.4, -0.2) is 67.4 Å². The van der Waals surface area contributed by atoms with Gasteiger partial charge in [0.05, 0.1) is 17.8 Å². The lowest BCUT2D eigenvalue weighted by Gasteiger charge is -2.28. The maximum atomic E-state index is 13.0. The van der Waals surface area contributed by atoms with Crippen LogP contribution in [0.25, 0.3) is 0 Å². The molecular weight excluding hydrogens is 397 g/mol. The third-order valence-electron chi connectivity index (χ3n) is 4.43. The number of hydrogen-bond donors (Lipinski definition) is 2. The van der Waals surface area contributed by atoms with Crippen molar-refractivity contribution in [2.45, 2.75) is 19.5 Å². The minimum Gasteiger partial charge on any atom is -0.340 e. The van der Waals surface area contributed by atoms with Crippen LogP contribution in [0, 0.1) is 0 Å². The van der Waals surface area contributed by atoms with Crippen LogP contribution in [0.3, 0.4) is 0 Å². The largest absolute Gasteiger partial charge is 0.418 e. The van der Waals surface area contributed by atoms with Gasteiger partial charge in [0.1, 0.15) is 0 Å². The molecule has 0 aromatic heterocycles. The summed E-state index contributed by atoms with van der Waals surface area (Å²) in [5.41, 5.74) is -1.14. The molecule has 2 N–H and O–H groups in total. The van der Waals surface area contributed by atoms with E-state index in [1.807, 2.05) is 6.92 Å². The predicted molar refractivity (Wildman–Crippen MR) is 104 cm³/mol. The number of carbonyl (C=O) groups excluding carboxylic acids is 2. The maximum absolute atomic E-state index is 13.0. The first kappa shape index (κ1) is 24.2. The van der Waals surface area contributed by atoms with Gasteiger partial charge in [-0.05, 0) is 18.7 Å². The lowest BCUT2D eigenvalue weighted by molar-refractivity contribution is -0.137. The maximum Gasteiger partial charge on any atom is 0.418 e. The van der Waals surface area contributed by atoms with Crippen LogP contribution in [0.4, 0.5) is 18.9 Å². The van der Waals surface area contributed by atoms with E-state index in [-0.39, 0.29) is 37.0 Å². The average Bonchev–Trinajstić information content (AvgIpc) is 2.65. The van der Waals surface area contributed by atoms with Gasteiger partial charge >= 0.3 is 6.18 Å². The summed E-state index contributed by atoms with van der Waals surface area (Å²) in [6.07, 6.45) is -4.26. The van der Waals surface area contributed by atoms with Crippen molar-refractivity contribution in [1.29, 1.82) is 0 Å². The number of halogens is 4. The highest BCUT2D eigenvalue weighted by atomic mass is 35.5. The van der Waals surface area contributed by atoms with Crippen molar-refractivity contribution in [2.75, 3.05) is 51.1 Å². The molecule has 0 spiro atoms. The number of likely N-dealkylation sites (N-methyl/N-ethyl adjacent to an activating group) is 1. The number of para-hydroxylation sites is 1. The van der Waals surface area contributed by atoms with Crippen LogP contribution in [0.2, 0.25) is 0 Å². The molecule has 0 atom stereocenters. The molecule has 2 rings (SSSR count). The Labute approximate surface area is 168 Å². The lowest BCUT2D eigenvalue weighted by atomic mass is 10.1. The van der Waals surface area contributed by atoms with Gasteiger partial charge in [-0.3, -0.25) is 14.5 Å². The number of alkyl halides is 3. The van der Waals surface area contributed by atoms with Crippen molar-refractivity contribution in [1.82, 2.24) is 15.1 Å². The van der Waals surface area contributed by atoms with Crippen LogP contribution in [0.15, 0.2) is 24.3 Å². The Morgan fingerprint density at radius 3 is 2.46 bits per heavy atom. The normalized spacial score (nSPS) is 14.5. The molecule has 1 aromatic rings. The van der Waals surface area contributed by atoms with Gasteiger partial charge < -0.3 is 15.5 Å². The highest BCUT2D eigenvalue weighted by Crippen LogP contribution is 2.34. The molecule has 28 heavy (non-hydrogen) atoms. The first-order valence-corrected chi connectivity index (χ1v) is 8.98. The fourth-order valence-electron chi connectivity index (χ4n) is 2.91. The second-order valence-electron chi connectivity index (χ2n) is 6.34. The van der Waals surface area contributed by atoms with E-state index in [1.54, 1.807) is 9.80 Å². The van der Waals surface area contributed by atoms with Gasteiger partial charge in [-0.25, -0.2) is 0 Å². The Morgan fingerprint density at radius 2 is 1.86 bits per heavy atom. The van der Waals surface area contributed by atoms with Crippen molar-refractivity contribution in [3.05, 3.63) is 29.8 Å². The van der Waals surface area contributed by atoms with Gasteiger partial charge in [-0.15, -0.1) is 12.4 Å². The monoisotopic (exact) mass is 422 g/mol. The van der Waals surface area contributed by atoms with Gasteiger partial charge in [0.25, 0.3) is 0 Å². The van der Waals surface area contributed by atoms with E-state index in [1.165, 1.54) is 18.2 Å². The van der Waals surface area contributed by atoms with E-state index < -0.39 is 17.6 Å². The van der Waals surface area contributed by atoms with Crippen molar-refractivity contribution in [3.8, 4) is 0 Å². The van der Waals surface area contributed by atoms with E-state index in [9.17, 15) is 22.8 Å². The molecule has 0 saturated carbocycles. The fraction of sp³-hybridized carbons (Fsp3) is 0.556. The molecule has 0 aliphatic carbocycles. The third kappa shape index (κ3) is 7.29. The summed E-state index contributed by atoms with van der Waals surface area (Å²) in [4.78, 5) is 27.9. The fourth-order valence-corrected chi connectivity index (χ4v) is 2.91. The molecule has 1 saturated heterocycles. The summed E-state index contributed by atoms with van der Waals surface area (Å²) in [6, 6.07) is 4.87. The van der Waals surface area contributed by atoms with Crippen LogP contribution in [0.5, 0.6) is 0 Å². The molecule has 1 fully saturated rings. The van der Waals surface area contributed by atoms with E-state index in [0.717, 1.165) is 19.2 Å². The smallest absolute Gasteiger partial charge is 0.340 e. The third-order valence-corrected chi connectivity index (χ3v) is 4.43. The highest BCUT2D eigenvalue weighted by molar-refractivity contribution is 5.93. The number of nitrogens with one attached hydrogen (secondary N) is 2. The molecule has 0 unspecified atom stereocenters. The second kappa shape index (κ2) is 11.2. The Morgan fingerprint density at radius 1 is 1.21 bits per heavy atom. The Bertz CT molecular complexity index is 652. The Balaban J connectivity index is 0.00000392. The summed E-state index contributed by atoms with van der Waals surface area (Å²) in [5, 5.41) is 5.50. The summed E-state index contributed by atoms with van der Waals surface area (Å²) >= 11 is 0. The van der Waals surface area contributed by atoms with Crippen molar-refractivity contribution in [2.24, 2.45) is 0 Å². The molecular formula is C18H26ClF3N4O2. The summed E-state index contributed by atoms with van der Waals surface area (Å²) in [6.45, 7) is 5.54. The molecule has 1 aliphatic heterocycles. The van der Waals surface area contributed by atoms with E-state index in [0.29, 0.717) is 26.2 Å². The number of nitrogens with zero attached hydrogens (tertiary/aromatic N) is 2. The molecule has 158 valence electrons. The second-order valence-corrected chi connectivity index (χ2v) is 6.34. The molecule has 0 radical (unpaired) electrons. The molecule has 6 nitrogen and oxygen atoms in total. The quantitative estimate of drug-likeness (QED) is 0.707. The molecule has 1 aromatic carbocycles. The average molecular weight is 423 g/mol. The number of rotatable bonds is 7. The van der Waals surface area contributed by atoms with Crippen LogP contribution >= 0.6 is 12.4 Å². The summed E-state index contributed by atoms with van der Waals surface area (Å²) in [5.74, 6) is -0.513. The predicted octanol–water partition coefficient (Wildman–Crippen LogP) is 2.21. The highest BCUT2D eigenvalue weighted by Gasteiger charge is 2.33. The zero-order chi connectivity index (χ0) is 19.9. The first-order valence-electron chi connectivity index (χ1n) is 8.98. The number of anilines is 1. The van der Waals surface area contributed by atoms with Crippen molar-refractivity contribution >= 4 is 29.9 Å². The van der Waals surface area contributed by atoms with Gasteiger partial charge in [0, 0.05) is 39.1 Å². The summed E-state index contributed by atoms with van der Waals surface area (Å²) in [7, 11) is 0. The number of amides is 2. The van der Waals surface area contributed by atoms with E-state index in [4.69, 9.17) is 0 Å². The molecule has 10 heteroatoms. The first-order chi connectivity index (χ1) is 12.8. The molecule has 1 heterocycles. The minimum atomic E-state index is -4.54. The summed E-state index contributed by atoms with van der Waals surface area (Å²) < 4.78 is 39.0. The Hall–Kier alpha value is -1.84. The SMILES string of the molecule is CCN(CCC(=O)N1CCNCC1)CC(=O)Nc1ccccc1C(F)(F)F.Cl. The standard InChI is InChI=1S/C18H25F3N4O2.ClH/c1-2-24(10-7-17(27)25-11-8-22-9-12-25)13-16(26)23-15-6-4-3-5-14(15)18(19,20)21;/h3-6,22H,2,7-13H2,1H3,(H,23,26);1H. The number of carbonyl (C=O) groups is 2. The van der Waals surface area contributed by atoms with Gasteiger partial charge in [-0.1, -0.05) is 19.1 Å². The molecule has 2 amide bonds. The molecule has 0 bridgehead atoms. The van der Waals surface area contributed by atoms with Crippen molar-refractivity contribution < 1.29 is 22.8 Å². The van der Waals surface area contributed by atoms with Gasteiger partial charge in [0.15, 0.2) is 0 Å². The lowest BCUT2D eigenvalue weighted by Crippen LogP contribution is -2.47. The van der Waals surface area contributed by atoms with Crippen molar-refractivity contribution in [3.63, 3.8) is 0 Å². The van der Waals surface area contributed by atoms with Crippen LogP contribution in [0.1, 0.15) is 18.9 Å². The number of benzene rings is 1. The van der Waals surface area contributed by atoms with E-state index >= 15 is 0 Å². The number of hydrogen-bond acceptors (Lipinski definition) is 4. The van der Waals surface area contributed by atoms with Crippen LogP contribution in [-0.2, 0) is 15.8 Å². The molecule has 1 aliphatic rings. The zero-order valence-electron chi connectivity index (χ0n) is 15.7. The van der Waals surface area contributed by atoms with Crippen LogP contribution < -0.4 is 10.6 Å². The number of piperazine rings is 1. The Kier molecular flexibility index (Phi) is 9.71.